The molecule has 5 nitrogen and oxygen atoms in total. The summed E-state index contributed by atoms with van der Waals surface area (Å²) in [4.78, 5) is 6.19. The van der Waals surface area contributed by atoms with Gasteiger partial charge in [-0.05, 0) is 30.3 Å². The monoisotopic (exact) mass is 327 g/mol. The zero-order chi connectivity index (χ0) is 16.4. The molecule has 0 unspecified atom stereocenters. The van der Waals surface area contributed by atoms with Gasteiger partial charge in [0, 0.05) is 42.9 Å². The third-order valence-electron chi connectivity index (χ3n) is 3.55. The highest BCUT2D eigenvalue weighted by molar-refractivity contribution is 7.93. The number of hydrogen-bond acceptors (Lipinski definition) is 4. The van der Waals surface area contributed by atoms with Gasteiger partial charge in [-0.2, -0.15) is 0 Å². The van der Waals surface area contributed by atoms with Crippen LogP contribution in [0.15, 0.2) is 65.8 Å². The van der Waals surface area contributed by atoms with Gasteiger partial charge in [0.2, 0.25) is 0 Å². The molecule has 1 aromatic heterocycles. The summed E-state index contributed by atoms with van der Waals surface area (Å²) in [6.45, 7) is 0. The van der Waals surface area contributed by atoms with Crippen molar-refractivity contribution >= 4 is 32.2 Å². The Kier molecular flexibility index (Phi) is 3.92. The Bertz CT molecular complexity index is 947. The van der Waals surface area contributed by atoms with Crippen LogP contribution in [0.2, 0.25) is 0 Å². The average molecular weight is 327 g/mol. The molecule has 6 heteroatoms. The number of rotatable bonds is 4. The number of hydrogen-bond donors (Lipinski definition) is 1. The molecule has 0 amide bonds. The zero-order valence-electron chi connectivity index (χ0n) is 12.9. The number of fused-ring (bicyclic) bond motifs is 1. The SMILES string of the molecule is CN(C)c1cccc(NS(=O)(=O)c2cccc3cnccc23)c1. The Morgan fingerprint density at radius 1 is 1.04 bits per heavy atom. The topological polar surface area (TPSA) is 62.3 Å². The summed E-state index contributed by atoms with van der Waals surface area (Å²) in [6, 6.07) is 14.1. The quantitative estimate of drug-likeness (QED) is 0.800. The van der Waals surface area contributed by atoms with E-state index in [-0.39, 0.29) is 4.90 Å². The maximum Gasteiger partial charge on any atom is 0.262 e. The van der Waals surface area contributed by atoms with Crippen LogP contribution >= 0.6 is 0 Å². The first-order valence-corrected chi connectivity index (χ1v) is 8.59. The van der Waals surface area contributed by atoms with Crippen molar-refractivity contribution in [3.05, 3.63) is 60.9 Å². The molecule has 3 aromatic rings. The van der Waals surface area contributed by atoms with Crippen molar-refractivity contribution in [3.8, 4) is 0 Å². The Balaban J connectivity index is 2.03. The zero-order valence-corrected chi connectivity index (χ0v) is 13.7. The lowest BCUT2D eigenvalue weighted by molar-refractivity contribution is 0.602. The summed E-state index contributed by atoms with van der Waals surface area (Å²) >= 11 is 0. The highest BCUT2D eigenvalue weighted by atomic mass is 32.2. The smallest absolute Gasteiger partial charge is 0.262 e. The van der Waals surface area contributed by atoms with Crippen molar-refractivity contribution in [1.82, 2.24) is 4.98 Å². The largest absolute Gasteiger partial charge is 0.378 e. The van der Waals surface area contributed by atoms with Crippen LogP contribution in [-0.2, 0) is 10.0 Å². The van der Waals surface area contributed by atoms with E-state index in [2.05, 4.69) is 9.71 Å². The van der Waals surface area contributed by atoms with Crippen LogP contribution in [-0.4, -0.2) is 27.5 Å². The first-order valence-electron chi connectivity index (χ1n) is 7.10. The fourth-order valence-electron chi connectivity index (χ4n) is 2.38. The minimum atomic E-state index is -3.68. The number of aromatic nitrogens is 1. The van der Waals surface area contributed by atoms with E-state index < -0.39 is 10.0 Å². The third-order valence-corrected chi connectivity index (χ3v) is 4.98. The van der Waals surface area contributed by atoms with Crippen LogP contribution in [0.5, 0.6) is 0 Å². The molecule has 0 fully saturated rings. The number of anilines is 2. The molecule has 0 aliphatic rings. The molecule has 23 heavy (non-hydrogen) atoms. The highest BCUT2D eigenvalue weighted by Gasteiger charge is 2.17. The van der Waals surface area contributed by atoms with Gasteiger partial charge in [-0.3, -0.25) is 9.71 Å². The molecule has 0 spiro atoms. The van der Waals surface area contributed by atoms with Crippen LogP contribution in [0.4, 0.5) is 11.4 Å². The van der Waals surface area contributed by atoms with Crippen molar-refractivity contribution in [1.29, 1.82) is 0 Å². The maximum absolute atomic E-state index is 12.8. The van der Waals surface area contributed by atoms with Gasteiger partial charge in [0.25, 0.3) is 10.0 Å². The third kappa shape index (κ3) is 3.12. The number of nitrogens with zero attached hydrogens (tertiary/aromatic N) is 2. The van der Waals surface area contributed by atoms with Crippen LogP contribution in [0.3, 0.4) is 0 Å². The van der Waals surface area contributed by atoms with Crippen LogP contribution in [0.1, 0.15) is 0 Å². The van der Waals surface area contributed by atoms with Crippen molar-refractivity contribution in [2.24, 2.45) is 0 Å². The van der Waals surface area contributed by atoms with E-state index in [9.17, 15) is 8.42 Å². The minimum absolute atomic E-state index is 0.243. The molecule has 0 saturated carbocycles. The average Bonchev–Trinajstić information content (AvgIpc) is 2.54. The van der Waals surface area contributed by atoms with Crippen molar-refractivity contribution < 1.29 is 8.42 Å². The Morgan fingerprint density at radius 2 is 1.83 bits per heavy atom. The van der Waals surface area contributed by atoms with E-state index >= 15 is 0 Å². The van der Waals surface area contributed by atoms with Gasteiger partial charge in [0.05, 0.1) is 10.6 Å². The van der Waals surface area contributed by atoms with E-state index in [1.54, 1.807) is 42.7 Å². The first kappa shape index (κ1) is 15.3. The molecule has 0 radical (unpaired) electrons. The van der Waals surface area contributed by atoms with Crippen LogP contribution in [0.25, 0.3) is 10.8 Å². The van der Waals surface area contributed by atoms with E-state index in [1.807, 2.05) is 37.2 Å². The lowest BCUT2D eigenvalue weighted by Gasteiger charge is -2.15. The van der Waals surface area contributed by atoms with Crippen molar-refractivity contribution in [3.63, 3.8) is 0 Å². The fraction of sp³-hybridized carbons (Fsp3) is 0.118. The Hall–Kier alpha value is -2.60. The van der Waals surface area contributed by atoms with Gasteiger partial charge in [0.1, 0.15) is 0 Å². The molecule has 1 heterocycles. The molecule has 3 rings (SSSR count). The predicted molar refractivity (Wildman–Crippen MR) is 93.3 cm³/mol. The van der Waals surface area contributed by atoms with E-state index in [0.29, 0.717) is 11.1 Å². The molecule has 0 saturated heterocycles. The molecule has 0 atom stereocenters. The fourth-order valence-corrected chi connectivity index (χ4v) is 3.67. The van der Waals surface area contributed by atoms with Gasteiger partial charge >= 0.3 is 0 Å². The summed E-state index contributed by atoms with van der Waals surface area (Å²) in [5.41, 5.74) is 1.45. The molecule has 0 aliphatic carbocycles. The van der Waals surface area contributed by atoms with Crippen molar-refractivity contribution in [2.75, 3.05) is 23.7 Å². The van der Waals surface area contributed by atoms with Gasteiger partial charge < -0.3 is 4.90 Å². The lowest BCUT2D eigenvalue weighted by atomic mass is 10.2. The summed E-state index contributed by atoms with van der Waals surface area (Å²) in [6.07, 6.45) is 3.25. The van der Waals surface area contributed by atoms with Gasteiger partial charge in [-0.25, -0.2) is 8.42 Å². The summed E-state index contributed by atoms with van der Waals surface area (Å²) in [5, 5.41) is 1.44. The molecule has 118 valence electrons. The molecule has 1 N–H and O–H groups in total. The normalized spacial score (nSPS) is 11.4. The second-order valence-electron chi connectivity index (χ2n) is 5.40. The van der Waals surface area contributed by atoms with Crippen LogP contribution < -0.4 is 9.62 Å². The lowest BCUT2D eigenvalue weighted by Crippen LogP contribution is -2.14. The number of pyridine rings is 1. The molecular formula is C17H17N3O2S. The summed E-state index contributed by atoms with van der Waals surface area (Å²) in [7, 11) is 0.137. The maximum atomic E-state index is 12.8. The Labute approximate surface area is 135 Å². The molecule has 2 aromatic carbocycles. The Morgan fingerprint density at radius 3 is 2.61 bits per heavy atom. The minimum Gasteiger partial charge on any atom is -0.378 e. The number of nitrogens with one attached hydrogen (secondary N) is 1. The molecule has 0 aliphatic heterocycles. The first-order chi connectivity index (χ1) is 11.0. The predicted octanol–water partition coefficient (Wildman–Crippen LogP) is 3.10. The van der Waals surface area contributed by atoms with Gasteiger partial charge in [0.15, 0.2) is 0 Å². The number of benzene rings is 2. The summed E-state index contributed by atoms with van der Waals surface area (Å²) in [5.74, 6) is 0. The van der Waals surface area contributed by atoms with E-state index in [1.165, 1.54) is 0 Å². The van der Waals surface area contributed by atoms with E-state index in [0.717, 1.165) is 11.1 Å². The summed E-state index contributed by atoms with van der Waals surface area (Å²) < 4.78 is 28.2. The number of sulfonamides is 1. The second-order valence-corrected chi connectivity index (χ2v) is 7.05. The second kappa shape index (κ2) is 5.89. The van der Waals surface area contributed by atoms with Gasteiger partial charge in [-0.15, -0.1) is 0 Å². The van der Waals surface area contributed by atoms with Gasteiger partial charge in [-0.1, -0.05) is 18.2 Å². The molecular weight excluding hydrogens is 310 g/mol. The van der Waals surface area contributed by atoms with E-state index in [4.69, 9.17) is 0 Å². The van der Waals surface area contributed by atoms with Crippen molar-refractivity contribution in [2.45, 2.75) is 4.90 Å². The molecule has 0 bridgehead atoms. The standard InChI is InChI=1S/C17H17N3O2S/c1-20(2)15-7-4-6-14(11-15)19-23(21,22)17-8-3-5-13-12-18-10-9-16(13)17/h3-12,19H,1-2H3. The highest BCUT2D eigenvalue weighted by Crippen LogP contribution is 2.25. The van der Waals surface area contributed by atoms with Crippen LogP contribution in [0, 0.1) is 0 Å².